The summed E-state index contributed by atoms with van der Waals surface area (Å²) < 4.78 is 5.16. The van der Waals surface area contributed by atoms with Crippen molar-refractivity contribution in [2.24, 2.45) is 0 Å². The summed E-state index contributed by atoms with van der Waals surface area (Å²) in [5.74, 6) is 0. The van der Waals surface area contributed by atoms with Crippen LogP contribution in [0.1, 0.15) is 5.56 Å². The molecule has 0 bridgehead atoms. The fraction of sp³-hybridized carbons (Fsp3) is 0.0714. The molecule has 3 nitrogen and oxygen atoms in total. The Morgan fingerprint density at radius 3 is 2.39 bits per heavy atom. The van der Waals surface area contributed by atoms with Crippen molar-refractivity contribution in [3.05, 3.63) is 60.2 Å². The average Bonchev–Trinajstić information content (AvgIpc) is 2.39. The molecule has 0 amide bonds. The van der Waals surface area contributed by atoms with E-state index in [2.05, 4.69) is 0 Å². The predicted octanol–water partition coefficient (Wildman–Crippen LogP) is 3.70. The maximum atomic E-state index is 11.6. The van der Waals surface area contributed by atoms with Gasteiger partial charge in [0.2, 0.25) is 0 Å². The first-order valence-electron chi connectivity index (χ1n) is 5.48. The molecule has 0 aliphatic heterocycles. The Kier molecular flexibility index (Phi) is 4.25. The molecule has 0 atom stereocenters. The molecule has 2 aromatic rings. The zero-order valence-corrected chi connectivity index (χ0v) is 10.5. The van der Waals surface area contributed by atoms with Crippen LogP contribution in [0.25, 0.3) is 0 Å². The summed E-state index contributed by atoms with van der Waals surface area (Å²) in [6, 6.07) is 16.7. The molecular formula is C14H13NO2S. The Bertz CT molecular complexity index is 511. The van der Waals surface area contributed by atoms with E-state index in [0.29, 0.717) is 5.69 Å². The van der Waals surface area contributed by atoms with Crippen molar-refractivity contribution < 1.29 is 9.53 Å². The topological polar surface area (TPSA) is 52.3 Å². The number of ether oxygens (including phenoxy) is 1. The van der Waals surface area contributed by atoms with Gasteiger partial charge in [-0.05, 0) is 41.6 Å². The number of nitrogen functional groups attached to an aromatic ring is 1. The van der Waals surface area contributed by atoms with Crippen LogP contribution >= 0.6 is 11.8 Å². The smallest absolute Gasteiger partial charge is 0.372 e. The molecule has 0 spiro atoms. The van der Waals surface area contributed by atoms with Gasteiger partial charge in [0.1, 0.15) is 6.61 Å². The van der Waals surface area contributed by atoms with Crippen LogP contribution < -0.4 is 5.73 Å². The van der Waals surface area contributed by atoms with Gasteiger partial charge in [-0.25, -0.2) is 4.79 Å². The lowest BCUT2D eigenvalue weighted by atomic mass is 10.2. The van der Waals surface area contributed by atoms with E-state index in [4.69, 9.17) is 10.5 Å². The molecule has 0 aliphatic rings. The van der Waals surface area contributed by atoms with E-state index in [1.54, 1.807) is 12.1 Å². The normalized spacial score (nSPS) is 10.0. The maximum Gasteiger partial charge on any atom is 0.372 e. The SMILES string of the molecule is Nc1ccc(COC(=O)Sc2ccccc2)cc1. The summed E-state index contributed by atoms with van der Waals surface area (Å²) in [5, 5.41) is -0.307. The van der Waals surface area contributed by atoms with Crippen molar-refractivity contribution in [3.63, 3.8) is 0 Å². The van der Waals surface area contributed by atoms with E-state index in [9.17, 15) is 4.79 Å². The predicted molar refractivity (Wildman–Crippen MR) is 73.3 cm³/mol. The summed E-state index contributed by atoms with van der Waals surface area (Å²) in [5.41, 5.74) is 7.19. The molecule has 0 unspecified atom stereocenters. The van der Waals surface area contributed by atoms with Gasteiger partial charge < -0.3 is 10.5 Å². The molecule has 0 heterocycles. The van der Waals surface area contributed by atoms with Crippen molar-refractivity contribution in [3.8, 4) is 0 Å². The number of benzene rings is 2. The fourth-order valence-corrected chi connectivity index (χ4v) is 1.97. The van der Waals surface area contributed by atoms with Crippen molar-refractivity contribution in [2.75, 3.05) is 5.73 Å². The lowest BCUT2D eigenvalue weighted by Crippen LogP contribution is -1.98. The number of nitrogens with two attached hydrogens (primary N) is 1. The van der Waals surface area contributed by atoms with Gasteiger partial charge in [0, 0.05) is 10.6 Å². The van der Waals surface area contributed by atoms with E-state index < -0.39 is 0 Å². The fourth-order valence-electron chi connectivity index (χ4n) is 1.37. The van der Waals surface area contributed by atoms with Crippen molar-refractivity contribution in [2.45, 2.75) is 11.5 Å². The summed E-state index contributed by atoms with van der Waals surface area (Å²) in [6.45, 7) is 0.263. The first kappa shape index (κ1) is 12.5. The molecular weight excluding hydrogens is 246 g/mol. The van der Waals surface area contributed by atoms with E-state index >= 15 is 0 Å². The number of hydrogen-bond donors (Lipinski definition) is 1. The van der Waals surface area contributed by atoms with Crippen LogP contribution in [0.2, 0.25) is 0 Å². The Hall–Kier alpha value is -1.94. The molecule has 2 N–H and O–H groups in total. The summed E-state index contributed by atoms with van der Waals surface area (Å²) in [7, 11) is 0. The van der Waals surface area contributed by atoms with Crippen LogP contribution in [-0.2, 0) is 11.3 Å². The quantitative estimate of drug-likeness (QED) is 0.519. The second-order valence-electron chi connectivity index (χ2n) is 3.70. The van der Waals surface area contributed by atoms with Gasteiger partial charge >= 0.3 is 5.30 Å². The van der Waals surface area contributed by atoms with Crippen LogP contribution in [0.5, 0.6) is 0 Å². The van der Waals surface area contributed by atoms with Crippen LogP contribution in [0.15, 0.2) is 59.5 Å². The number of anilines is 1. The number of hydrogen-bond acceptors (Lipinski definition) is 4. The van der Waals surface area contributed by atoms with Crippen LogP contribution in [0.4, 0.5) is 10.5 Å². The molecule has 2 rings (SSSR count). The van der Waals surface area contributed by atoms with E-state index in [0.717, 1.165) is 22.2 Å². The minimum Gasteiger partial charge on any atom is -0.452 e. The molecule has 0 aromatic heterocycles. The summed E-state index contributed by atoms with van der Waals surface area (Å²) in [6.07, 6.45) is 0. The molecule has 0 saturated carbocycles. The molecule has 0 radical (unpaired) electrons. The molecule has 0 aliphatic carbocycles. The highest BCUT2D eigenvalue weighted by Crippen LogP contribution is 2.20. The maximum absolute atomic E-state index is 11.6. The van der Waals surface area contributed by atoms with Gasteiger partial charge in [-0.2, -0.15) is 0 Å². The summed E-state index contributed by atoms with van der Waals surface area (Å²) >= 11 is 1.08. The standard InChI is InChI=1S/C14H13NO2S/c15-12-8-6-11(7-9-12)10-17-14(16)18-13-4-2-1-3-5-13/h1-9H,10,15H2. The molecule has 92 valence electrons. The van der Waals surface area contributed by atoms with Crippen molar-refractivity contribution in [1.29, 1.82) is 0 Å². The molecule has 18 heavy (non-hydrogen) atoms. The minimum atomic E-state index is -0.307. The Labute approximate surface area is 110 Å². The van der Waals surface area contributed by atoms with E-state index in [-0.39, 0.29) is 11.9 Å². The second kappa shape index (κ2) is 6.12. The highest BCUT2D eigenvalue weighted by atomic mass is 32.2. The van der Waals surface area contributed by atoms with E-state index in [1.807, 2.05) is 42.5 Å². The number of carbonyl (C=O) groups excluding carboxylic acids is 1. The molecule has 0 fully saturated rings. The third-order valence-corrected chi connectivity index (χ3v) is 3.07. The largest absolute Gasteiger partial charge is 0.452 e. The zero-order chi connectivity index (χ0) is 12.8. The molecule has 0 saturated heterocycles. The Morgan fingerprint density at radius 2 is 1.72 bits per heavy atom. The van der Waals surface area contributed by atoms with Gasteiger partial charge in [-0.1, -0.05) is 30.3 Å². The van der Waals surface area contributed by atoms with Crippen LogP contribution in [0.3, 0.4) is 0 Å². The van der Waals surface area contributed by atoms with Crippen molar-refractivity contribution in [1.82, 2.24) is 0 Å². The lowest BCUT2D eigenvalue weighted by molar-refractivity contribution is 0.168. The molecule has 2 aromatic carbocycles. The number of carbonyl (C=O) groups is 1. The monoisotopic (exact) mass is 259 g/mol. The highest BCUT2D eigenvalue weighted by molar-refractivity contribution is 8.13. The van der Waals surface area contributed by atoms with Gasteiger partial charge in [0.05, 0.1) is 0 Å². The summed E-state index contributed by atoms with van der Waals surface area (Å²) in [4.78, 5) is 12.4. The number of thioether (sulfide) groups is 1. The van der Waals surface area contributed by atoms with Gasteiger partial charge in [0.15, 0.2) is 0 Å². The second-order valence-corrected chi connectivity index (χ2v) is 4.70. The first-order chi connectivity index (χ1) is 8.74. The Morgan fingerprint density at radius 1 is 1.06 bits per heavy atom. The number of rotatable bonds is 3. The first-order valence-corrected chi connectivity index (χ1v) is 6.30. The molecule has 4 heteroatoms. The van der Waals surface area contributed by atoms with Gasteiger partial charge in [0.25, 0.3) is 0 Å². The third kappa shape index (κ3) is 3.82. The third-order valence-electron chi connectivity index (χ3n) is 2.28. The minimum absolute atomic E-state index is 0.263. The lowest BCUT2D eigenvalue weighted by Gasteiger charge is -2.04. The van der Waals surface area contributed by atoms with Crippen LogP contribution in [-0.4, -0.2) is 5.30 Å². The van der Waals surface area contributed by atoms with Crippen LogP contribution in [0, 0.1) is 0 Å². The average molecular weight is 259 g/mol. The van der Waals surface area contributed by atoms with E-state index in [1.165, 1.54) is 0 Å². The van der Waals surface area contributed by atoms with Gasteiger partial charge in [-0.3, -0.25) is 0 Å². The Balaban J connectivity index is 1.83. The zero-order valence-electron chi connectivity index (χ0n) is 9.71. The van der Waals surface area contributed by atoms with Crippen molar-refractivity contribution >= 4 is 22.8 Å². The van der Waals surface area contributed by atoms with Gasteiger partial charge in [-0.15, -0.1) is 0 Å². The highest BCUT2D eigenvalue weighted by Gasteiger charge is 2.05.